The van der Waals surface area contributed by atoms with Crippen LogP contribution in [0.5, 0.6) is 5.75 Å². The number of rotatable bonds is 6. The van der Waals surface area contributed by atoms with Crippen LogP contribution in [0.4, 0.5) is 0 Å². The summed E-state index contributed by atoms with van der Waals surface area (Å²) in [6, 6.07) is 18.5. The maximum Gasteiger partial charge on any atom is 0.266 e. The largest absolute Gasteiger partial charge is 0.497 e. The van der Waals surface area contributed by atoms with Gasteiger partial charge in [-0.3, -0.25) is 9.36 Å². The number of hydrogen-bond donors (Lipinski definition) is 0. The molecule has 0 fully saturated rings. The van der Waals surface area contributed by atoms with Crippen molar-refractivity contribution in [3.05, 3.63) is 88.4 Å². The predicted octanol–water partition coefficient (Wildman–Crippen LogP) is 5.40. The van der Waals surface area contributed by atoms with Crippen LogP contribution in [0.2, 0.25) is 0 Å². The maximum atomic E-state index is 13.3. The van der Waals surface area contributed by atoms with Crippen molar-refractivity contribution in [3.63, 3.8) is 0 Å². The summed E-state index contributed by atoms with van der Waals surface area (Å²) >= 11 is 3.01. The first-order chi connectivity index (χ1) is 15.2. The van der Waals surface area contributed by atoms with E-state index in [1.54, 1.807) is 24.0 Å². The number of thioether (sulfide) groups is 1. The van der Waals surface area contributed by atoms with E-state index in [4.69, 9.17) is 14.1 Å². The topological polar surface area (TPSA) is 70.2 Å². The molecule has 154 valence electrons. The minimum atomic E-state index is -0.104. The van der Waals surface area contributed by atoms with Crippen LogP contribution in [0.3, 0.4) is 0 Å². The average molecular weight is 448 g/mol. The Bertz CT molecular complexity index is 1390. The van der Waals surface area contributed by atoms with Gasteiger partial charge in [-0.15, -0.1) is 11.3 Å². The highest BCUT2D eigenvalue weighted by Gasteiger charge is 2.15. The van der Waals surface area contributed by atoms with Gasteiger partial charge in [0, 0.05) is 11.1 Å². The molecular formula is C23H17N3O3S2. The summed E-state index contributed by atoms with van der Waals surface area (Å²) in [5.41, 5.74) is 2.22. The number of hydrogen-bond acceptors (Lipinski definition) is 7. The van der Waals surface area contributed by atoms with Crippen LogP contribution in [0.15, 0.2) is 86.7 Å². The molecule has 0 aliphatic carbocycles. The lowest BCUT2D eigenvalue weighted by Gasteiger charge is -2.13. The third-order valence-electron chi connectivity index (χ3n) is 4.71. The SMILES string of the molecule is COc1ccc(-n2c(SCc3csc(-c4ccco4)n3)nc3ccccc3c2=O)cc1. The van der Waals surface area contributed by atoms with E-state index in [9.17, 15) is 4.79 Å². The van der Waals surface area contributed by atoms with Crippen LogP contribution in [-0.2, 0) is 5.75 Å². The normalized spacial score (nSPS) is 11.1. The number of ether oxygens (including phenoxy) is 1. The van der Waals surface area contributed by atoms with Crippen molar-refractivity contribution in [2.45, 2.75) is 10.9 Å². The van der Waals surface area contributed by atoms with Gasteiger partial charge in [0.25, 0.3) is 5.56 Å². The molecule has 0 amide bonds. The van der Waals surface area contributed by atoms with Gasteiger partial charge in [0.15, 0.2) is 15.9 Å². The molecule has 0 bridgehead atoms. The highest BCUT2D eigenvalue weighted by atomic mass is 32.2. The summed E-state index contributed by atoms with van der Waals surface area (Å²) in [5.74, 6) is 2.06. The fraction of sp³-hybridized carbons (Fsp3) is 0.0870. The van der Waals surface area contributed by atoms with E-state index in [0.29, 0.717) is 21.8 Å². The van der Waals surface area contributed by atoms with Crippen LogP contribution in [0.25, 0.3) is 27.4 Å². The highest BCUT2D eigenvalue weighted by molar-refractivity contribution is 7.98. The fourth-order valence-corrected chi connectivity index (χ4v) is 4.99. The molecule has 0 saturated heterocycles. The number of para-hydroxylation sites is 1. The number of aromatic nitrogens is 3. The van der Waals surface area contributed by atoms with Gasteiger partial charge in [0.1, 0.15) is 5.75 Å². The molecule has 2 aromatic carbocycles. The molecule has 6 nitrogen and oxygen atoms in total. The zero-order valence-corrected chi connectivity index (χ0v) is 18.2. The third kappa shape index (κ3) is 3.87. The number of thiazole rings is 1. The van der Waals surface area contributed by atoms with E-state index in [2.05, 4.69) is 4.98 Å². The Morgan fingerprint density at radius 2 is 1.90 bits per heavy atom. The van der Waals surface area contributed by atoms with E-state index in [1.807, 2.05) is 60.0 Å². The third-order valence-corrected chi connectivity index (χ3v) is 6.59. The minimum absolute atomic E-state index is 0.104. The molecule has 0 aliphatic rings. The first kappa shape index (κ1) is 19.6. The molecule has 3 heterocycles. The molecule has 0 unspecified atom stereocenters. The second-order valence-electron chi connectivity index (χ2n) is 6.66. The van der Waals surface area contributed by atoms with Crippen molar-refractivity contribution >= 4 is 34.0 Å². The summed E-state index contributed by atoms with van der Waals surface area (Å²) in [7, 11) is 1.62. The van der Waals surface area contributed by atoms with Gasteiger partial charge in [-0.25, -0.2) is 9.97 Å². The summed E-state index contributed by atoms with van der Waals surface area (Å²) in [6.45, 7) is 0. The lowest BCUT2D eigenvalue weighted by molar-refractivity contribution is 0.414. The summed E-state index contributed by atoms with van der Waals surface area (Å²) in [5, 5.41) is 4.03. The molecule has 0 N–H and O–H groups in total. The molecular weight excluding hydrogens is 430 g/mol. The van der Waals surface area contributed by atoms with Gasteiger partial charge in [-0.05, 0) is 48.5 Å². The molecule has 5 aromatic rings. The number of furan rings is 1. The Morgan fingerprint density at radius 1 is 1.06 bits per heavy atom. The molecule has 3 aromatic heterocycles. The average Bonchev–Trinajstić information content (AvgIpc) is 3.50. The van der Waals surface area contributed by atoms with Crippen LogP contribution in [-0.4, -0.2) is 21.6 Å². The lowest BCUT2D eigenvalue weighted by Crippen LogP contribution is -2.21. The van der Waals surface area contributed by atoms with E-state index >= 15 is 0 Å². The van der Waals surface area contributed by atoms with Gasteiger partial charge in [-0.2, -0.15) is 0 Å². The second kappa shape index (κ2) is 8.41. The van der Waals surface area contributed by atoms with Crippen LogP contribution < -0.4 is 10.3 Å². The van der Waals surface area contributed by atoms with Crippen molar-refractivity contribution in [1.29, 1.82) is 0 Å². The summed E-state index contributed by atoms with van der Waals surface area (Å²) in [4.78, 5) is 22.8. The molecule has 31 heavy (non-hydrogen) atoms. The number of nitrogens with zero attached hydrogens (tertiary/aromatic N) is 3. The molecule has 0 atom stereocenters. The van der Waals surface area contributed by atoms with E-state index < -0.39 is 0 Å². The predicted molar refractivity (Wildman–Crippen MR) is 123 cm³/mol. The fourth-order valence-electron chi connectivity index (χ4n) is 3.19. The van der Waals surface area contributed by atoms with E-state index in [-0.39, 0.29) is 5.56 Å². The number of methoxy groups -OCH3 is 1. The van der Waals surface area contributed by atoms with Crippen molar-refractivity contribution in [2.75, 3.05) is 7.11 Å². The maximum absolute atomic E-state index is 13.3. The minimum Gasteiger partial charge on any atom is -0.497 e. The van der Waals surface area contributed by atoms with Gasteiger partial charge in [0.05, 0.1) is 35.7 Å². The van der Waals surface area contributed by atoms with E-state index in [1.165, 1.54) is 23.1 Å². The van der Waals surface area contributed by atoms with Crippen molar-refractivity contribution < 1.29 is 9.15 Å². The molecule has 8 heteroatoms. The molecule has 0 saturated carbocycles. The van der Waals surface area contributed by atoms with E-state index in [0.717, 1.165) is 27.9 Å². The standard InChI is InChI=1S/C23H17N3O3S2/c1-28-17-10-8-16(9-11-17)26-22(27)18-5-2-3-6-19(18)25-23(26)31-14-15-13-30-21(24-15)20-7-4-12-29-20/h2-13H,14H2,1H3. The van der Waals surface area contributed by atoms with Crippen LogP contribution in [0, 0.1) is 0 Å². The van der Waals surface area contributed by atoms with Gasteiger partial charge >= 0.3 is 0 Å². The first-order valence-electron chi connectivity index (χ1n) is 9.50. The number of fused-ring (bicyclic) bond motifs is 1. The Balaban J connectivity index is 1.53. The summed E-state index contributed by atoms with van der Waals surface area (Å²) in [6.07, 6.45) is 1.64. The lowest BCUT2D eigenvalue weighted by atomic mass is 10.2. The monoisotopic (exact) mass is 447 g/mol. The quantitative estimate of drug-likeness (QED) is 0.256. The van der Waals surface area contributed by atoms with Gasteiger partial charge < -0.3 is 9.15 Å². The van der Waals surface area contributed by atoms with Crippen LogP contribution in [0.1, 0.15) is 5.69 Å². The summed E-state index contributed by atoms with van der Waals surface area (Å²) < 4.78 is 12.3. The highest BCUT2D eigenvalue weighted by Crippen LogP contribution is 2.29. The van der Waals surface area contributed by atoms with Crippen molar-refractivity contribution in [3.8, 4) is 22.2 Å². The molecule has 5 rings (SSSR count). The zero-order valence-electron chi connectivity index (χ0n) is 16.5. The Kier molecular flexibility index (Phi) is 5.31. The molecule has 0 spiro atoms. The van der Waals surface area contributed by atoms with Crippen molar-refractivity contribution in [2.24, 2.45) is 0 Å². The zero-order chi connectivity index (χ0) is 21.2. The van der Waals surface area contributed by atoms with Gasteiger partial charge in [-0.1, -0.05) is 23.9 Å². The Labute approximate surface area is 186 Å². The smallest absolute Gasteiger partial charge is 0.266 e. The number of benzene rings is 2. The molecule has 0 aliphatic heterocycles. The second-order valence-corrected chi connectivity index (χ2v) is 8.46. The van der Waals surface area contributed by atoms with Crippen molar-refractivity contribution in [1.82, 2.24) is 14.5 Å². The Hall–Kier alpha value is -3.36. The first-order valence-corrected chi connectivity index (χ1v) is 11.4. The Morgan fingerprint density at radius 3 is 2.68 bits per heavy atom. The van der Waals surface area contributed by atoms with Crippen LogP contribution >= 0.6 is 23.1 Å². The van der Waals surface area contributed by atoms with Gasteiger partial charge in [0.2, 0.25) is 0 Å². The molecule has 0 radical (unpaired) electrons.